The Bertz CT molecular complexity index is 1000. The molecule has 4 aromatic rings. The number of fused-ring (bicyclic) bond motifs is 1. The summed E-state index contributed by atoms with van der Waals surface area (Å²) in [6, 6.07) is 14.3. The van der Waals surface area contributed by atoms with Gasteiger partial charge in [0.15, 0.2) is 0 Å². The highest BCUT2D eigenvalue weighted by atomic mass is 32.1. The van der Waals surface area contributed by atoms with Gasteiger partial charge in [0, 0.05) is 15.6 Å². The number of carbonyl (C=O) groups excluding carboxylic acids is 1. The Morgan fingerprint density at radius 3 is 2.58 bits per heavy atom. The highest BCUT2D eigenvalue weighted by Crippen LogP contribution is 2.33. The van der Waals surface area contributed by atoms with Gasteiger partial charge in [0.05, 0.1) is 0 Å². The smallest absolute Gasteiger partial charge is 0.267 e. The summed E-state index contributed by atoms with van der Waals surface area (Å²) in [5.74, 6) is -0.196. The van der Waals surface area contributed by atoms with E-state index in [4.69, 9.17) is 0 Å². The molecule has 1 amide bonds. The molecule has 0 unspecified atom stereocenters. The highest BCUT2D eigenvalue weighted by Gasteiger charge is 2.13. The van der Waals surface area contributed by atoms with Crippen LogP contribution in [-0.2, 0) is 0 Å². The Morgan fingerprint density at radius 1 is 1.08 bits per heavy atom. The molecule has 5 nitrogen and oxygen atoms in total. The van der Waals surface area contributed by atoms with Gasteiger partial charge in [-0.2, -0.15) is 0 Å². The first kappa shape index (κ1) is 14.6. The third-order valence-corrected chi connectivity index (χ3v) is 4.71. The lowest BCUT2D eigenvalue weighted by Gasteiger charge is -2.09. The molecule has 0 fully saturated rings. The zero-order valence-electron chi connectivity index (χ0n) is 12.9. The van der Waals surface area contributed by atoms with E-state index in [0.29, 0.717) is 5.56 Å². The Kier molecular flexibility index (Phi) is 3.59. The first-order chi connectivity index (χ1) is 11.7. The standard InChI is InChI=1S/C18H14N4OS/c1-12-2-4-13(5-3-12)16-8-14(9-17-15(16)6-7-24-17)18(23)21-22-10-19-20-11-22/h2-11H,1H3,(H,21,23). The monoisotopic (exact) mass is 334 g/mol. The van der Waals surface area contributed by atoms with Crippen LogP contribution in [0.25, 0.3) is 21.2 Å². The summed E-state index contributed by atoms with van der Waals surface area (Å²) in [5.41, 5.74) is 6.71. The van der Waals surface area contributed by atoms with Crippen molar-refractivity contribution in [2.75, 3.05) is 5.43 Å². The van der Waals surface area contributed by atoms with Crippen LogP contribution < -0.4 is 5.43 Å². The second-order valence-electron chi connectivity index (χ2n) is 5.53. The number of aromatic nitrogens is 3. The summed E-state index contributed by atoms with van der Waals surface area (Å²) in [4.78, 5) is 12.5. The minimum atomic E-state index is -0.196. The molecular weight excluding hydrogens is 320 g/mol. The van der Waals surface area contributed by atoms with E-state index in [0.717, 1.165) is 21.2 Å². The number of benzene rings is 2. The molecule has 0 saturated carbocycles. The van der Waals surface area contributed by atoms with E-state index in [2.05, 4.69) is 52.9 Å². The van der Waals surface area contributed by atoms with Crippen LogP contribution in [0.1, 0.15) is 15.9 Å². The number of thiophene rings is 1. The summed E-state index contributed by atoms with van der Waals surface area (Å²) in [6.45, 7) is 2.06. The van der Waals surface area contributed by atoms with E-state index >= 15 is 0 Å². The molecule has 0 radical (unpaired) electrons. The third-order valence-electron chi connectivity index (χ3n) is 3.85. The minimum Gasteiger partial charge on any atom is -0.267 e. The van der Waals surface area contributed by atoms with Gasteiger partial charge in [-0.3, -0.25) is 10.2 Å². The maximum atomic E-state index is 12.5. The Morgan fingerprint density at radius 2 is 1.83 bits per heavy atom. The molecule has 0 atom stereocenters. The number of nitrogens with one attached hydrogen (secondary N) is 1. The maximum absolute atomic E-state index is 12.5. The first-order valence-corrected chi connectivity index (χ1v) is 8.33. The topological polar surface area (TPSA) is 59.8 Å². The zero-order chi connectivity index (χ0) is 16.5. The van der Waals surface area contributed by atoms with E-state index in [1.165, 1.54) is 22.9 Å². The van der Waals surface area contributed by atoms with Gasteiger partial charge in [0.2, 0.25) is 0 Å². The van der Waals surface area contributed by atoms with Gasteiger partial charge in [-0.1, -0.05) is 29.8 Å². The number of amides is 1. The van der Waals surface area contributed by atoms with Crippen molar-refractivity contribution in [3.63, 3.8) is 0 Å². The third kappa shape index (κ3) is 2.68. The van der Waals surface area contributed by atoms with Crippen molar-refractivity contribution in [3.8, 4) is 11.1 Å². The summed E-state index contributed by atoms with van der Waals surface area (Å²) in [5, 5.41) is 10.6. The molecule has 0 bridgehead atoms. The van der Waals surface area contributed by atoms with Crippen LogP contribution in [-0.4, -0.2) is 20.8 Å². The molecule has 0 aliphatic heterocycles. The average molecular weight is 334 g/mol. The first-order valence-electron chi connectivity index (χ1n) is 7.45. The van der Waals surface area contributed by atoms with Crippen LogP contribution in [0.5, 0.6) is 0 Å². The van der Waals surface area contributed by atoms with Crippen LogP contribution >= 0.6 is 11.3 Å². The van der Waals surface area contributed by atoms with Gasteiger partial charge in [0.25, 0.3) is 5.91 Å². The fourth-order valence-corrected chi connectivity index (χ4v) is 3.47. The van der Waals surface area contributed by atoms with Gasteiger partial charge in [-0.15, -0.1) is 21.5 Å². The molecule has 0 spiro atoms. The second kappa shape index (κ2) is 5.90. The molecule has 1 N–H and O–H groups in total. The van der Waals surface area contributed by atoms with E-state index in [1.807, 2.05) is 17.5 Å². The number of carbonyl (C=O) groups is 1. The zero-order valence-corrected chi connectivity index (χ0v) is 13.7. The predicted molar refractivity (Wildman–Crippen MR) is 95.7 cm³/mol. The van der Waals surface area contributed by atoms with Crippen LogP contribution in [0.4, 0.5) is 0 Å². The van der Waals surface area contributed by atoms with E-state index in [1.54, 1.807) is 11.3 Å². The Labute approximate surface area is 142 Å². The number of aryl methyl sites for hydroxylation is 1. The van der Waals surface area contributed by atoms with Crippen molar-refractivity contribution in [2.24, 2.45) is 0 Å². The fraction of sp³-hybridized carbons (Fsp3) is 0.0556. The van der Waals surface area contributed by atoms with E-state index < -0.39 is 0 Å². The Hall–Kier alpha value is -2.99. The number of hydrogen-bond acceptors (Lipinski definition) is 4. The largest absolute Gasteiger partial charge is 0.270 e. The second-order valence-corrected chi connectivity index (χ2v) is 6.48. The molecular formula is C18H14N4OS. The predicted octanol–water partition coefficient (Wildman–Crippen LogP) is 3.85. The Balaban J connectivity index is 1.80. The van der Waals surface area contributed by atoms with Crippen molar-refractivity contribution in [3.05, 3.63) is 71.6 Å². The summed E-state index contributed by atoms with van der Waals surface area (Å²) in [7, 11) is 0. The molecule has 6 heteroatoms. The molecule has 2 aromatic carbocycles. The van der Waals surface area contributed by atoms with Crippen molar-refractivity contribution in [1.29, 1.82) is 0 Å². The molecule has 4 rings (SSSR count). The summed E-state index contributed by atoms with van der Waals surface area (Å²) >= 11 is 1.63. The number of nitrogens with zero attached hydrogens (tertiary/aromatic N) is 3. The molecule has 2 aromatic heterocycles. The van der Waals surface area contributed by atoms with Crippen LogP contribution in [0.3, 0.4) is 0 Å². The quantitative estimate of drug-likeness (QED) is 0.619. The normalized spacial score (nSPS) is 10.9. The van der Waals surface area contributed by atoms with E-state index in [-0.39, 0.29) is 5.91 Å². The molecule has 118 valence electrons. The maximum Gasteiger partial charge on any atom is 0.270 e. The van der Waals surface area contributed by atoms with Crippen LogP contribution in [0, 0.1) is 6.92 Å². The highest BCUT2D eigenvalue weighted by molar-refractivity contribution is 7.17. The summed E-state index contributed by atoms with van der Waals surface area (Å²) in [6.07, 6.45) is 2.89. The number of rotatable bonds is 3. The van der Waals surface area contributed by atoms with Crippen molar-refractivity contribution < 1.29 is 4.79 Å². The van der Waals surface area contributed by atoms with Gasteiger partial charge in [0.1, 0.15) is 12.7 Å². The van der Waals surface area contributed by atoms with Gasteiger partial charge in [-0.05, 0) is 41.6 Å². The lowest BCUT2D eigenvalue weighted by molar-refractivity contribution is 0.101. The van der Waals surface area contributed by atoms with Gasteiger partial charge >= 0.3 is 0 Å². The van der Waals surface area contributed by atoms with E-state index in [9.17, 15) is 4.79 Å². The van der Waals surface area contributed by atoms with Crippen molar-refractivity contribution in [2.45, 2.75) is 6.92 Å². The molecule has 0 aliphatic rings. The number of hydrogen-bond donors (Lipinski definition) is 1. The molecule has 24 heavy (non-hydrogen) atoms. The molecule has 2 heterocycles. The lowest BCUT2D eigenvalue weighted by Crippen LogP contribution is -2.21. The van der Waals surface area contributed by atoms with Crippen molar-refractivity contribution >= 4 is 27.3 Å². The van der Waals surface area contributed by atoms with Crippen LogP contribution in [0.2, 0.25) is 0 Å². The van der Waals surface area contributed by atoms with Gasteiger partial charge < -0.3 is 0 Å². The minimum absolute atomic E-state index is 0.196. The van der Waals surface area contributed by atoms with Crippen molar-refractivity contribution in [1.82, 2.24) is 14.9 Å². The summed E-state index contributed by atoms with van der Waals surface area (Å²) < 4.78 is 2.52. The molecule has 0 aliphatic carbocycles. The SMILES string of the molecule is Cc1ccc(-c2cc(C(=O)Nn3cnnc3)cc3sccc23)cc1. The average Bonchev–Trinajstić information content (AvgIpc) is 3.25. The molecule has 0 saturated heterocycles. The lowest BCUT2D eigenvalue weighted by atomic mass is 9.98. The van der Waals surface area contributed by atoms with Crippen LogP contribution in [0.15, 0.2) is 60.5 Å². The van der Waals surface area contributed by atoms with Gasteiger partial charge in [-0.25, -0.2) is 4.68 Å². The fourth-order valence-electron chi connectivity index (χ4n) is 2.61.